The normalized spacial score (nSPS) is 10.3. The number of rotatable bonds is 4. The molecular formula is C14H11BrFNO3. The van der Waals surface area contributed by atoms with Crippen molar-refractivity contribution in [3.8, 4) is 5.75 Å². The van der Waals surface area contributed by atoms with Crippen molar-refractivity contribution in [3.05, 3.63) is 67.9 Å². The summed E-state index contributed by atoms with van der Waals surface area (Å²) in [6.07, 6.45) is 0. The maximum absolute atomic E-state index is 12.9. The van der Waals surface area contributed by atoms with Crippen LogP contribution in [0.3, 0.4) is 0 Å². The van der Waals surface area contributed by atoms with Crippen LogP contribution in [0.2, 0.25) is 0 Å². The smallest absolute Gasteiger partial charge is 0.272 e. The quantitative estimate of drug-likeness (QED) is 0.613. The molecule has 0 unspecified atom stereocenters. The molecule has 4 nitrogen and oxygen atoms in total. The summed E-state index contributed by atoms with van der Waals surface area (Å²) in [6.45, 7) is 1.90. The van der Waals surface area contributed by atoms with E-state index in [0.717, 1.165) is 5.56 Å². The Labute approximate surface area is 123 Å². The Balaban J connectivity index is 2.11. The number of hydrogen-bond donors (Lipinski definition) is 0. The summed E-state index contributed by atoms with van der Waals surface area (Å²) < 4.78 is 19.1. The SMILES string of the molecule is Cc1cc(OCc2ccc(F)cc2Br)ccc1[N+](=O)[O-]. The minimum Gasteiger partial charge on any atom is -0.489 e. The van der Waals surface area contributed by atoms with Crippen molar-refractivity contribution >= 4 is 21.6 Å². The Morgan fingerprint density at radius 3 is 2.65 bits per heavy atom. The number of nitro benzene ring substituents is 1. The van der Waals surface area contributed by atoms with E-state index in [-0.39, 0.29) is 18.1 Å². The van der Waals surface area contributed by atoms with E-state index in [4.69, 9.17) is 4.74 Å². The highest BCUT2D eigenvalue weighted by Crippen LogP contribution is 2.25. The largest absolute Gasteiger partial charge is 0.489 e. The first kappa shape index (κ1) is 14.5. The van der Waals surface area contributed by atoms with Gasteiger partial charge in [0, 0.05) is 21.7 Å². The number of aryl methyl sites for hydroxylation is 1. The molecule has 0 saturated heterocycles. The molecule has 104 valence electrons. The molecule has 2 aromatic carbocycles. The van der Waals surface area contributed by atoms with Gasteiger partial charge in [-0.15, -0.1) is 0 Å². The standard InChI is InChI=1S/C14H11BrFNO3/c1-9-6-12(4-5-14(9)17(18)19)20-8-10-2-3-11(16)7-13(10)15/h2-7H,8H2,1H3. The molecule has 0 aliphatic heterocycles. The van der Waals surface area contributed by atoms with Crippen molar-refractivity contribution in [2.24, 2.45) is 0 Å². The molecule has 0 aliphatic rings. The van der Waals surface area contributed by atoms with Crippen molar-refractivity contribution in [2.75, 3.05) is 0 Å². The van der Waals surface area contributed by atoms with Crippen LogP contribution >= 0.6 is 15.9 Å². The summed E-state index contributed by atoms with van der Waals surface area (Å²) in [6, 6.07) is 8.89. The summed E-state index contributed by atoms with van der Waals surface area (Å²) in [5.74, 6) is 0.205. The van der Waals surface area contributed by atoms with Crippen molar-refractivity contribution in [2.45, 2.75) is 13.5 Å². The van der Waals surface area contributed by atoms with Gasteiger partial charge < -0.3 is 4.74 Å². The summed E-state index contributed by atoms with van der Waals surface area (Å²) in [7, 11) is 0. The van der Waals surface area contributed by atoms with Crippen LogP contribution in [0.25, 0.3) is 0 Å². The lowest BCUT2D eigenvalue weighted by atomic mass is 10.2. The monoisotopic (exact) mass is 339 g/mol. The molecule has 0 aromatic heterocycles. The van der Waals surface area contributed by atoms with E-state index in [1.807, 2.05) is 0 Å². The van der Waals surface area contributed by atoms with Crippen LogP contribution in [-0.2, 0) is 6.61 Å². The fraction of sp³-hybridized carbons (Fsp3) is 0.143. The predicted octanol–water partition coefficient (Wildman–Crippen LogP) is 4.38. The Morgan fingerprint density at radius 2 is 2.05 bits per heavy atom. The number of benzene rings is 2. The van der Waals surface area contributed by atoms with Crippen molar-refractivity contribution < 1.29 is 14.1 Å². The average Bonchev–Trinajstić information content (AvgIpc) is 2.37. The summed E-state index contributed by atoms with van der Waals surface area (Å²) in [5.41, 5.74) is 1.38. The van der Waals surface area contributed by atoms with E-state index < -0.39 is 4.92 Å². The zero-order chi connectivity index (χ0) is 14.7. The lowest BCUT2D eigenvalue weighted by molar-refractivity contribution is -0.385. The van der Waals surface area contributed by atoms with Crippen LogP contribution in [0.1, 0.15) is 11.1 Å². The second-order valence-corrected chi connectivity index (χ2v) is 5.08. The van der Waals surface area contributed by atoms with E-state index in [2.05, 4.69) is 15.9 Å². The van der Waals surface area contributed by atoms with Gasteiger partial charge in [-0.25, -0.2) is 4.39 Å². The minimum absolute atomic E-state index is 0.0558. The number of hydrogen-bond acceptors (Lipinski definition) is 3. The highest BCUT2D eigenvalue weighted by atomic mass is 79.9. The van der Waals surface area contributed by atoms with Crippen LogP contribution in [0.15, 0.2) is 40.9 Å². The fourth-order valence-corrected chi connectivity index (χ4v) is 2.19. The van der Waals surface area contributed by atoms with Crippen LogP contribution < -0.4 is 4.74 Å². The molecule has 0 spiro atoms. The maximum Gasteiger partial charge on any atom is 0.272 e. The number of nitrogens with zero attached hydrogens (tertiary/aromatic N) is 1. The predicted molar refractivity (Wildman–Crippen MR) is 76.3 cm³/mol. The van der Waals surface area contributed by atoms with E-state index in [1.54, 1.807) is 25.1 Å². The molecule has 0 radical (unpaired) electrons. The third-order valence-corrected chi connectivity index (χ3v) is 3.51. The van der Waals surface area contributed by atoms with Crippen molar-refractivity contribution in [1.82, 2.24) is 0 Å². The van der Waals surface area contributed by atoms with Crippen LogP contribution in [0, 0.1) is 22.9 Å². The topological polar surface area (TPSA) is 52.4 Å². The van der Waals surface area contributed by atoms with E-state index in [1.165, 1.54) is 18.2 Å². The van der Waals surface area contributed by atoms with Crippen LogP contribution in [0.5, 0.6) is 5.75 Å². The van der Waals surface area contributed by atoms with Gasteiger partial charge in [0.05, 0.1) is 4.92 Å². The molecule has 0 bridgehead atoms. The lowest BCUT2D eigenvalue weighted by Gasteiger charge is -2.08. The van der Waals surface area contributed by atoms with Gasteiger partial charge in [-0.3, -0.25) is 10.1 Å². The van der Waals surface area contributed by atoms with E-state index in [0.29, 0.717) is 15.8 Å². The third kappa shape index (κ3) is 3.33. The number of nitro groups is 1. The Morgan fingerprint density at radius 1 is 1.30 bits per heavy atom. The molecule has 0 atom stereocenters. The zero-order valence-electron chi connectivity index (χ0n) is 10.6. The molecule has 0 amide bonds. The first-order chi connectivity index (χ1) is 9.47. The van der Waals surface area contributed by atoms with Gasteiger partial charge in [0.2, 0.25) is 0 Å². The first-order valence-corrected chi connectivity index (χ1v) is 6.58. The van der Waals surface area contributed by atoms with Gasteiger partial charge in [-0.05, 0) is 31.2 Å². The molecule has 2 rings (SSSR count). The zero-order valence-corrected chi connectivity index (χ0v) is 12.2. The first-order valence-electron chi connectivity index (χ1n) is 5.79. The maximum atomic E-state index is 12.9. The van der Waals surface area contributed by atoms with Gasteiger partial charge in [0.15, 0.2) is 0 Å². The van der Waals surface area contributed by atoms with E-state index >= 15 is 0 Å². The molecule has 0 aliphatic carbocycles. The molecule has 0 N–H and O–H groups in total. The third-order valence-electron chi connectivity index (χ3n) is 2.77. The van der Waals surface area contributed by atoms with Gasteiger partial charge in [-0.2, -0.15) is 0 Å². The Hall–Kier alpha value is -1.95. The van der Waals surface area contributed by atoms with E-state index in [9.17, 15) is 14.5 Å². The molecule has 0 fully saturated rings. The fourth-order valence-electron chi connectivity index (χ4n) is 1.72. The summed E-state index contributed by atoms with van der Waals surface area (Å²) in [4.78, 5) is 10.3. The average molecular weight is 340 g/mol. The molecule has 20 heavy (non-hydrogen) atoms. The molecule has 2 aromatic rings. The molecule has 0 heterocycles. The van der Waals surface area contributed by atoms with Gasteiger partial charge in [0.1, 0.15) is 18.2 Å². The lowest BCUT2D eigenvalue weighted by Crippen LogP contribution is -1.98. The Bertz CT molecular complexity index is 661. The summed E-state index contributed by atoms with van der Waals surface area (Å²) >= 11 is 3.26. The van der Waals surface area contributed by atoms with Crippen molar-refractivity contribution in [1.29, 1.82) is 0 Å². The molecular weight excluding hydrogens is 329 g/mol. The summed E-state index contributed by atoms with van der Waals surface area (Å²) in [5, 5.41) is 10.7. The highest BCUT2D eigenvalue weighted by Gasteiger charge is 2.11. The molecule has 6 heteroatoms. The number of halogens is 2. The van der Waals surface area contributed by atoms with Gasteiger partial charge >= 0.3 is 0 Å². The van der Waals surface area contributed by atoms with Crippen LogP contribution in [-0.4, -0.2) is 4.92 Å². The van der Waals surface area contributed by atoms with Gasteiger partial charge in [0.25, 0.3) is 5.69 Å². The van der Waals surface area contributed by atoms with Crippen LogP contribution in [0.4, 0.5) is 10.1 Å². The Kier molecular flexibility index (Phi) is 4.34. The van der Waals surface area contributed by atoms with Gasteiger partial charge in [-0.1, -0.05) is 22.0 Å². The number of ether oxygens (including phenoxy) is 1. The highest BCUT2D eigenvalue weighted by molar-refractivity contribution is 9.10. The second-order valence-electron chi connectivity index (χ2n) is 4.23. The molecule has 0 saturated carbocycles. The van der Waals surface area contributed by atoms with Crippen molar-refractivity contribution in [3.63, 3.8) is 0 Å². The second kappa shape index (κ2) is 6.00. The minimum atomic E-state index is -0.435.